The quantitative estimate of drug-likeness (QED) is 0.855. The van der Waals surface area contributed by atoms with E-state index in [2.05, 4.69) is 0 Å². The molecule has 96 valence electrons. The van der Waals surface area contributed by atoms with Gasteiger partial charge < -0.3 is 15.6 Å². The zero-order chi connectivity index (χ0) is 13.0. The highest BCUT2D eigenvalue weighted by molar-refractivity contribution is 6.30. The van der Waals surface area contributed by atoms with Crippen molar-refractivity contribution in [2.75, 3.05) is 6.54 Å². The van der Waals surface area contributed by atoms with Gasteiger partial charge in [0.05, 0.1) is 23.3 Å². The Balaban J connectivity index is 2.90. The van der Waals surface area contributed by atoms with E-state index >= 15 is 0 Å². The lowest BCUT2D eigenvalue weighted by Crippen LogP contribution is -2.28. The van der Waals surface area contributed by atoms with Gasteiger partial charge in [0.2, 0.25) is 0 Å². The average molecular weight is 262 g/mol. The van der Waals surface area contributed by atoms with Crippen molar-refractivity contribution in [1.29, 1.82) is 0 Å². The van der Waals surface area contributed by atoms with Gasteiger partial charge in [0.25, 0.3) is 0 Å². The van der Waals surface area contributed by atoms with E-state index in [0.717, 1.165) is 0 Å². The maximum Gasteiger partial charge on any atom is 0.147 e. The Bertz CT molecular complexity index is 374. The molecule has 3 nitrogen and oxygen atoms in total. The first-order valence-electron chi connectivity index (χ1n) is 5.44. The van der Waals surface area contributed by atoms with Crippen molar-refractivity contribution < 1.29 is 14.2 Å². The Kier molecular flexibility index (Phi) is 5.33. The Morgan fingerprint density at radius 1 is 1.47 bits per heavy atom. The van der Waals surface area contributed by atoms with Gasteiger partial charge in [-0.15, -0.1) is 0 Å². The molecule has 0 aromatic heterocycles. The predicted molar refractivity (Wildman–Crippen MR) is 65.4 cm³/mol. The van der Waals surface area contributed by atoms with Crippen LogP contribution in [-0.2, 0) is 4.74 Å². The molecule has 1 aromatic rings. The molecule has 1 aromatic carbocycles. The topological polar surface area (TPSA) is 55.5 Å². The predicted octanol–water partition coefficient (Wildman–Crippen LogP) is 2.26. The molecule has 0 amide bonds. The van der Waals surface area contributed by atoms with Gasteiger partial charge in [-0.25, -0.2) is 4.39 Å². The minimum Gasteiger partial charge on any atom is -0.391 e. The molecular weight excluding hydrogens is 245 g/mol. The van der Waals surface area contributed by atoms with Gasteiger partial charge in [-0.3, -0.25) is 0 Å². The fraction of sp³-hybridized carbons (Fsp3) is 0.500. The summed E-state index contributed by atoms with van der Waals surface area (Å²) in [7, 11) is 0. The van der Waals surface area contributed by atoms with Gasteiger partial charge in [-0.05, 0) is 19.9 Å². The first-order chi connectivity index (χ1) is 7.97. The number of benzene rings is 1. The van der Waals surface area contributed by atoms with Gasteiger partial charge in [0.1, 0.15) is 5.82 Å². The van der Waals surface area contributed by atoms with Crippen molar-refractivity contribution in [2.45, 2.75) is 32.2 Å². The van der Waals surface area contributed by atoms with Gasteiger partial charge in [-0.1, -0.05) is 23.7 Å². The number of hydrogen-bond donors (Lipinski definition) is 2. The number of nitrogens with two attached hydrogens (primary N) is 1. The van der Waals surface area contributed by atoms with Gasteiger partial charge in [0, 0.05) is 12.1 Å². The van der Waals surface area contributed by atoms with Crippen LogP contribution in [0, 0.1) is 5.82 Å². The zero-order valence-corrected chi connectivity index (χ0v) is 10.6. The molecule has 0 fully saturated rings. The molecule has 0 spiro atoms. The Morgan fingerprint density at radius 2 is 2.12 bits per heavy atom. The third-order valence-electron chi connectivity index (χ3n) is 2.60. The molecule has 0 heterocycles. The smallest absolute Gasteiger partial charge is 0.147 e. The molecule has 0 aliphatic heterocycles. The van der Waals surface area contributed by atoms with Gasteiger partial charge >= 0.3 is 0 Å². The molecule has 0 bridgehead atoms. The standard InChI is InChI=1S/C12H17ClFNO2/c1-7(16)8(2)17-11(6-15)9-4-3-5-10(13)12(9)14/h3-5,7-8,11,16H,6,15H2,1-2H3. The van der Waals surface area contributed by atoms with Crippen LogP contribution >= 0.6 is 11.6 Å². The minimum atomic E-state index is -0.647. The first-order valence-corrected chi connectivity index (χ1v) is 5.82. The maximum atomic E-state index is 13.8. The van der Waals surface area contributed by atoms with E-state index in [1.807, 2.05) is 0 Å². The van der Waals surface area contributed by atoms with E-state index in [-0.39, 0.29) is 11.6 Å². The van der Waals surface area contributed by atoms with Crippen LogP contribution in [0.15, 0.2) is 18.2 Å². The number of aliphatic hydroxyl groups excluding tert-OH is 1. The number of rotatable bonds is 5. The zero-order valence-electron chi connectivity index (χ0n) is 9.86. The van der Waals surface area contributed by atoms with E-state index in [1.165, 1.54) is 6.07 Å². The van der Waals surface area contributed by atoms with E-state index < -0.39 is 24.1 Å². The van der Waals surface area contributed by atoms with Crippen LogP contribution in [0.2, 0.25) is 5.02 Å². The summed E-state index contributed by atoms with van der Waals surface area (Å²) in [4.78, 5) is 0. The fourth-order valence-electron chi connectivity index (χ4n) is 1.40. The number of ether oxygens (including phenoxy) is 1. The summed E-state index contributed by atoms with van der Waals surface area (Å²) in [5, 5.41) is 9.39. The Morgan fingerprint density at radius 3 is 2.65 bits per heavy atom. The molecule has 0 saturated heterocycles. The van der Waals surface area contributed by atoms with Crippen molar-refractivity contribution in [2.24, 2.45) is 5.73 Å². The summed E-state index contributed by atoms with van der Waals surface area (Å²) in [6, 6.07) is 4.68. The largest absolute Gasteiger partial charge is 0.391 e. The second-order valence-corrected chi connectivity index (χ2v) is 4.36. The first kappa shape index (κ1) is 14.4. The molecule has 0 radical (unpaired) electrons. The number of aliphatic hydroxyl groups is 1. The molecule has 17 heavy (non-hydrogen) atoms. The van der Waals surface area contributed by atoms with Crippen LogP contribution < -0.4 is 5.73 Å². The lowest BCUT2D eigenvalue weighted by Gasteiger charge is -2.23. The van der Waals surface area contributed by atoms with Crippen LogP contribution in [0.4, 0.5) is 4.39 Å². The molecule has 0 saturated carbocycles. The number of halogens is 2. The summed E-state index contributed by atoms with van der Waals surface area (Å²) < 4.78 is 19.3. The fourth-order valence-corrected chi connectivity index (χ4v) is 1.58. The Labute approximate surface area is 105 Å². The third-order valence-corrected chi connectivity index (χ3v) is 2.89. The summed E-state index contributed by atoms with van der Waals surface area (Å²) >= 11 is 5.69. The van der Waals surface area contributed by atoms with Crippen LogP contribution in [0.5, 0.6) is 0 Å². The lowest BCUT2D eigenvalue weighted by molar-refractivity contribution is -0.0602. The molecule has 3 unspecified atom stereocenters. The Hall–Kier alpha value is -0.680. The second kappa shape index (κ2) is 6.31. The summed E-state index contributed by atoms with van der Waals surface area (Å²) in [6.45, 7) is 3.43. The highest BCUT2D eigenvalue weighted by Gasteiger charge is 2.21. The molecule has 5 heteroatoms. The minimum absolute atomic E-state index is 0.0363. The van der Waals surface area contributed by atoms with Gasteiger partial charge in [-0.2, -0.15) is 0 Å². The van der Waals surface area contributed by atoms with Crippen molar-refractivity contribution in [3.63, 3.8) is 0 Å². The summed E-state index contributed by atoms with van der Waals surface area (Å²) in [5.41, 5.74) is 5.87. The van der Waals surface area contributed by atoms with E-state index in [4.69, 9.17) is 22.1 Å². The third kappa shape index (κ3) is 3.64. The summed E-state index contributed by atoms with van der Waals surface area (Å²) in [6.07, 6.45) is -1.69. The summed E-state index contributed by atoms with van der Waals surface area (Å²) in [5.74, 6) is -0.526. The SMILES string of the molecule is CC(O)C(C)OC(CN)c1cccc(Cl)c1F. The average Bonchev–Trinajstić information content (AvgIpc) is 2.29. The van der Waals surface area contributed by atoms with Crippen LogP contribution in [0.1, 0.15) is 25.5 Å². The van der Waals surface area contributed by atoms with Crippen molar-refractivity contribution in [3.8, 4) is 0 Å². The second-order valence-electron chi connectivity index (χ2n) is 3.95. The van der Waals surface area contributed by atoms with E-state index in [9.17, 15) is 9.50 Å². The molecule has 1 rings (SSSR count). The van der Waals surface area contributed by atoms with Gasteiger partial charge in [0.15, 0.2) is 0 Å². The monoisotopic (exact) mass is 261 g/mol. The maximum absolute atomic E-state index is 13.8. The van der Waals surface area contributed by atoms with Crippen LogP contribution in [0.25, 0.3) is 0 Å². The molecule has 3 N–H and O–H groups in total. The molecule has 0 aliphatic rings. The lowest BCUT2D eigenvalue weighted by atomic mass is 10.1. The number of hydrogen-bond acceptors (Lipinski definition) is 3. The van der Waals surface area contributed by atoms with Crippen molar-refractivity contribution >= 4 is 11.6 Å². The van der Waals surface area contributed by atoms with Crippen LogP contribution in [0.3, 0.4) is 0 Å². The molecule has 0 aliphatic carbocycles. The van der Waals surface area contributed by atoms with E-state index in [1.54, 1.807) is 26.0 Å². The normalized spacial score (nSPS) is 16.6. The highest BCUT2D eigenvalue weighted by Crippen LogP contribution is 2.26. The molecule has 3 atom stereocenters. The van der Waals surface area contributed by atoms with Crippen molar-refractivity contribution in [1.82, 2.24) is 0 Å². The highest BCUT2D eigenvalue weighted by atomic mass is 35.5. The van der Waals surface area contributed by atoms with Crippen LogP contribution in [-0.4, -0.2) is 23.9 Å². The van der Waals surface area contributed by atoms with E-state index in [0.29, 0.717) is 5.56 Å². The van der Waals surface area contributed by atoms with Crippen molar-refractivity contribution in [3.05, 3.63) is 34.6 Å². The molecular formula is C12H17ClFNO2.